The molecule has 22 heavy (non-hydrogen) atoms. The van der Waals surface area contributed by atoms with E-state index in [0.29, 0.717) is 24.1 Å². The molecule has 0 radical (unpaired) electrons. The number of benzene rings is 1. The Bertz CT molecular complexity index is 815. The van der Waals surface area contributed by atoms with Gasteiger partial charge in [-0.3, -0.25) is 0 Å². The number of hydrogen-bond acceptors (Lipinski definition) is 6. The first-order valence-corrected chi connectivity index (χ1v) is 7.25. The van der Waals surface area contributed by atoms with Gasteiger partial charge in [0.25, 0.3) is 5.89 Å². The molecule has 3 aromatic rings. The Kier molecular flexibility index (Phi) is 3.11. The maximum absolute atomic E-state index is 5.90. The van der Waals surface area contributed by atoms with Crippen molar-refractivity contribution in [1.82, 2.24) is 10.1 Å². The highest BCUT2D eigenvalue weighted by atomic mass is 16.5. The average molecular weight is 300 g/mol. The number of aromatic nitrogens is 2. The SMILES string of the molecule is COc1ccc2c(C)c(-c3nc(C4CCOC4)no3)oc2c1. The normalized spacial score (nSPS) is 18.2. The highest BCUT2D eigenvalue weighted by Gasteiger charge is 2.25. The van der Waals surface area contributed by atoms with Crippen LogP contribution in [0.25, 0.3) is 22.6 Å². The molecule has 0 spiro atoms. The molecule has 1 aliphatic heterocycles. The average Bonchev–Trinajstić information content (AvgIpc) is 3.26. The minimum atomic E-state index is 0.210. The third kappa shape index (κ3) is 2.07. The van der Waals surface area contributed by atoms with E-state index < -0.39 is 0 Å². The van der Waals surface area contributed by atoms with Gasteiger partial charge in [0.1, 0.15) is 11.3 Å². The fourth-order valence-electron chi connectivity index (χ4n) is 2.77. The first-order valence-electron chi connectivity index (χ1n) is 7.25. The highest BCUT2D eigenvalue weighted by Crippen LogP contribution is 2.34. The predicted molar refractivity (Wildman–Crippen MR) is 79.0 cm³/mol. The lowest BCUT2D eigenvalue weighted by atomic mass is 10.1. The van der Waals surface area contributed by atoms with E-state index in [-0.39, 0.29) is 5.92 Å². The predicted octanol–water partition coefficient (Wildman–Crippen LogP) is 3.30. The van der Waals surface area contributed by atoms with Gasteiger partial charge in [0.05, 0.1) is 13.7 Å². The van der Waals surface area contributed by atoms with E-state index in [1.165, 1.54) is 0 Å². The molecule has 1 aliphatic rings. The summed E-state index contributed by atoms with van der Waals surface area (Å²) < 4.78 is 21.9. The van der Waals surface area contributed by atoms with Gasteiger partial charge in [-0.15, -0.1) is 0 Å². The van der Waals surface area contributed by atoms with E-state index in [9.17, 15) is 0 Å². The Morgan fingerprint density at radius 2 is 2.23 bits per heavy atom. The molecule has 0 amide bonds. The van der Waals surface area contributed by atoms with Crippen molar-refractivity contribution in [1.29, 1.82) is 0 Å². The fourth-order valence-corrected chi connectivity index (χ4v) is 2.77. The van der Waals surface area contributed by atoms with Crippen LogP contribution in [0.15, 0.2) is 27.1 Å². The standard InChI is InChI=1S/C16H16N2O4/c1-9-12-4-3-11(19-2)7-13(12)21-14(9)16-17-15(18-22-16)10-5-6-20-8-10/h3-4,7,10H,5-6,8H2,1-2H3. The van der Waals surface area contributed by atoms with Crippen LogP contribution in [0.5, 0.6) is 5.75 Å². The van der Waals surface area contributed by atoms with Gasteiger partial charge < -0.3 is 18.4 Å². The third-order valence-corrected chi connectivity index (χ3v) is 4.08. The minimum Gasteiger partial charge on any atom is -0.497 e. The quantitative estimate of drug-likeness (QED) is 0.739. The zero-order chi connectivity index (χ0) is 15.1. The molecule has 1 atom stereocenters. The Balaban J connectivity index is 1.75. The van der Waals surface area contributed by atoms with Crippen molar-refractivity contribution in [2.45, 2.75) is 19.3 Å². The molecule has 0 saturated carbocycles. The maximum atomic E-state index is 5.90. The lowest BCUT2D eigenvalue weighted by Crippen LogP contribution is -1.99. The highest BCUT2D eigenvalue weighted by molar-refractivity contribution is 5.87. The first kappa shape index (κ1) is 13.3. The van der Waals surface area contributed by atoms with E-state index in [1.807, 2.05) is 25.1 Å². The van der Waals surface area contributed by atoms with Crippen molar-refractivity contribution in [2.24, 2.45) is 0 Å². The number of aryl methyl sites for hydroxylation is 1. The Labute approximate surface area is 127 Å². The zero-order valence-electron chi connectivity index (χ0n) is 12.5. The Morgan fingerprint density at radius 3 is 3.00 bits per heavy atom. The second-order valence-corrected chi connectivity index (χ2v) is 5.44. The van der Waals surface area contributed by atoms with E-state index in [2.05, 4.69) is 10.1 Å². The molecule has 1 unspecified atom stereocenters. The van der Waals surface area contributed by atoms with Crippen molar-refractivity contribution in [3.8, 4) is 17.4 Å². The van der Waals surface area contributed by atoms with Crippen molar-refractivity contribution in [3.05, 3.63) is 29.6 Å². The summed E-state index contributed by atoms with van der Waals surface area (Å²) in [5, 5.41) is 5.08. The topological polar surface area (TPSA) is 70.5 Å². The molecule has 4 rings (SSSR count). The van der Waals surface area contributed by atoms with Crippen molar-refractivity contribution in [2.75, 3.05) is 20.3 Å². The van der Waals surface area contributed by atoms with Crippen LogP contribution < -0.4 is 4.74 Å². The number of nitrogens with zero attached hydrogens (tertiary/aromatic N) is 2. The molecule has 1 aromatic carbocycles. The van der Waals surface area contributed by atoms with Gasteiger partial charge in [-0.2, -0.15) is 4.98 Å². The molecule has 6 heteroatoms. The molecule has 114 valence electrons. The summed E-state index contributed by atoms with van der Waals surface area (Å²) in [7, 11) is 1.63. The molecular formula is C16H16N2O4. The van der Waals surface area contributed by atoms with Gasteiger partial charge in [-0.05, 0) is 25.5 Å². The molecule has 1 saturated heterocycles. The lowest BCUT2D eigenvalue weighted by molar-refractivity contribution is 0.192. The molecule has 6 nitrogen and oxygen atoms in total. The maximum Gasteiger partial charge on any atom is 0.293 e. The van der Waals surface area contributed by atoms with Gasteiger partial charge >= 0.3 is 0 Å². The van der Waals surface area contributed by atoms with Crippen molar-refractivity contribution in [3.63, 3.8) is 0 Å². The molecule has 0 aliphatic carbocycles. The number of furan rings is 1. The fraction of sp³-hybridized carbons (Fsp3) is 0.375. The van der Waals surface area contributed by atoms with Crippen molar-refractivity contribution < 1.29 is 18.4 Å². The first-order chi connectivity index (χ1) is 10.8. The van der Waals surface area contributed by atoms with Gasteiger partial charge in [-0.25, -0.2) is 0 Å². The van der Waals surface area contributed by atoms with Crippen LogP contribution >= 0.6 is 0 Å². The van der Waals surface area contributed by atoms with Crippen LogP contribution in [0.3, 0.4) is 0 Å². The second-order valence-electron chi connectivity index (χ2n) is 5.44. The zero-order valence-corrected chi connectivity index (χ0v) is 12.5. The van der Waals surface area contributed by atoms with E-state index in [1.54, 1.807) is 7.11 Å². The molecule has 0 bridgehead atoms. The van der Waals surface area contributed by atoms with Gasteiger partial charge in [-0.1, -0.05) is 5.16 Å². The smallest absolute Gasteiger partial charge is 0.293 e. The van der Waals surface area contributed by atoms with Crippen LogP contribution in [-0.4, -0.2) is 30.5 Å². The van der Waals surface area contributed by atoms with Gasteiger partial charge in [0.15, 0.2) is 11.6 Å². The largest absolute Gasteiger partial charge is 0.497 e. The van der Waals surface area contributed by atoms with Gasteiger partial charge in [0.2, 0.25) is 0 Å². The molecule has 3 heterocycles. The molecular weight excluding hydrogens is 284 g/mol. The number of fused-ring (bicyclic) bond motifs is 1. The Morgan fingerprint density at radius 1 is 1.32 bits per heavy atom. The van der Waals surface area contributed by atoms with Gasteiger partial charge in [0, 0.05) is 29.5 Å². The number of rotatable bonds is 3. The molecule has 0 N–H and O–H groups in total. The lowest BCUT2D eigenvalue weighted by Gasteiger charge is -1.97. The van der Waals surface area contributed by atoms with Crippen LogP contribution in [0, 0.1) is 6.92 Å². The van der Waals surface area contributed by atoms with Crippen LogP contribution in [0.1, 0.15) is 23.7 Å². The Hall–Kier alpha value is -2.34. The number of ether oxygens (including phenoxy) is 2. The summed E-state index contributed by atoms with van der Waals surface area (Å²) in [6, 6.07) is 5.73. The summed E-state index contributed by atoms with van der Waals surface area (Å²) in [5.41, 5.74) is 1.73. The summed E-state index contributed by atoms with van der Waals surface area (Å²) in [4.78, 5) is 4.48. The summed E-state index contributed by atoms with van der Waals surface area (Å²) in [6.07, 6.45) is 0.926. The van der Waals surface area contributed by atoms with E-state index in [0.717, 1.165) is 35.3 Å². The van der Waals surface area contributed by atoms with Crippen LogP contribution in [-0.2, 0) is 4.74 Å². The van der Waals surface area contributed by atoms with Crippen LogP contribution in [0.2, 0.25) is 0 Å². The monoisotopic (exact) mass is 300 g/mol. The summed E-state index contributed by atoms with van der Waals surface area (Å²) in [6.45, 7) is 3.38. The third-order valence-electron chi connectivity index (χ3n) is 4.08. The number of hydrogen-bond donors (Lipinski definition) is 0. The summed E-state index contributed by atoms with van der Waals surface area (Å²) >= 11 is 0. The van der Waals surface area contributed by atoms with E-state index in [4.69, 9.17) is 18.4 Å². The second kappa shape index (κ2) is 5.14. The van der Waals surface area contributed by atoms with Crippen molar-refractivity contribution >= 4 is 11.0 Å². The molecule has 2 aromatic heterocycles. The van der Waals surface area contributed by atoms with E-state index >= 15 is 0 Å². The number of methoxy groups -OCH3 is 1. The summed E-state index contributed by atoms with van der Waals surface area (Å²) in [5.74, 6) is 2.67. The minimum absolute atomic E-state index is 0.210. The molecule has 1 fully saturated rings. The van der Waals surface area contributed by atoms with Crippen LogP contribution in [0.4, 0.5) is 0 Å².